The molecule has 3 aromatic heterocycles. The number of amides is 1. The topological polar surface area (TPSA) is 123 Å². The third kappa shape index (κ3) is 4.72. The number of rotatable bonds is 6. The lowest BCUT2D eigenvalue weighted by Crippen LogP contribution is -2.36. The van der Waals surface area contributed by atoms with Gasteiger partial charge in [-0.15, -0.1) is 0 Å². The zero-order chi connectivity index (χ0) is 26.3. The predicted molar refractivity (Wildman–Crippen MR) is 138 cm³/mol. The van der Waals surface area contributed by atoms with E-state index in [0.717, 1.165) is 45.4 Å². The van der Waals surface area contributed by atoms with Crippen molar-refractivity contribution >= 4 is 17.7 Å². The summed E-state index contributed by atoms with van der Waals surface area (Å²) in [5.41, 5.74) is 6.90. The number of nitrogens with one attached hydrogen (secondary N) is 1. The largest absolute Gasteiger partial charge is 0.494 e. The van der Waals surface area contributed by atoms with Crippen LogP contribution in [0.15, 0.2) is 36.8 Å². The van der Waals surface area contributed by atoms with Crippen molar-refractivity contribution in [2.24, 2.45) is 0 Å². The van der Waals surface area contributed by atoms with Crippen LogP contribution in [0.2, 0.25) is 0 Å². The second-order valence-electron chi connectivity index (χ2n) is 9.29. The summed E-state index contributed by atoms with van der Waals surface area (Å²) in [6, 6.07) is 7.59. The van der Waals surface area contributed by atoms with Crippen LogP contribution in [0.1, 0.15) is 47.0 Å². The third-order valence-electron chi connectivity index (χ3n) is 6.60. The Hall–Kier alpha value is -4.41. The lowest BCUT2D eigenvalue weighted by atomic mass is 10.0. The second-order valence-corrected chi connectivity index (χ2v) is 9.29. The Kier molecular flexibility index (Phi) is 6.28. The van der Waals surface area contributed by atoms with Gasteiger partial charge < -0.3 is 24.6 Å². The van der Waals surface area contributed by atoms with E-state index in [1.54, 1.807) is 13.4 Å². The lowest BCUT2D eigenvalue weighted by Gasteiger charge is -2.29. The number of benzene rings is 1. The number of anilines is 2. The van der Waals surface area contributed by atoms with Gasteiger partial charge in [0.05, 0.1) is 54.5 Å². The van der Waals surface area contributed by atoms with Crippen molar-refractivity contribution in [1.29, 1.82) is 0 Å². The summed E-state index contributed by atoms with van der Waals surface area (Å²) in [5, 5.41) is 17.6. The Balaban J connectivity index is 1.53. The van der Waals surface area contributed by atoms with Gasteiger partial charge in [0.15, 0.2) is 0 Å². The van der Waals surface area contributed by atoms with E-state index in [1.807, 2.05) is 67.4 Å². The molecule has 1 aliphatic heterocycles. The Morgan fingerprint density at radius 1 is 1.16 bits per heavy atom. The van der Waals surface area contributed by atoms with E-state index >= 15 is 0 Å². The number of aryl methyl sites for hydroxylation is 3. The SMILES string of the molecule is COc1cc(Nc2nc3c(c(C(C)n4nc(C)cc4C)n2)CN(C(=O)O)CC3)ccc1-n1cnc(C)c1. The summed E-state index contributed by atoms with van der Waals surface area (Å²) in [7, 11) is 1.63. The van der Waals surface area contributed by atoms with E-state index in [1.165, 1.54) is 4.90 Å². The van der Waals surface area contributed by atoms with E-state index in [9.17, 15) is 9.90 Å². The molecule has 11 heteroatoms. The van der Waals surface area contributed by atoms with E-state index in [0.29, 0.717) is 24.7 Å². The van der Waals surface area contributed by atoms with Gasteiger partial charge in [-0.3, -0.25) is 4.68 Å². The van der Waals surface area contributed by atoms with Crippen LogP contribution in [0.25, 0.3) is 5.69 Å². The fourth-order valence-corrected chi connectivity index (χ4v) is 4.81. The van der Waals surface area contributed by atoms with Gasteiger partial charge in [0, 0.05) is 42.2 Å². The maximum Gasteiger partial charge on any atom is 0.407 e. The van der Waals surface area contributed by atoms with Gasteiger partial charge in [0.25, 0.3) is 0 Å². The Labute approximate surface area is 214 Å². The standard InChI is InChI=1S/C26H30N8O3/c1-15-10-17(3)34(31-15)18(4)24-20-13-32(26(35)36)9-8-21(20)29-25(30-24)28-19-6-7-22(23(11-19)37-5)33-12-16(2)27-14-33/h6-7,10-12,14,18H,8-9,13H2,1-5H3,(H,35,36)(H,28,29,30). The average Bonchev–Trinajstić information content (AvgIpc) is 3.46. The van der Waals surface area contributed by atoms with E-state index in [-0.39, 0.29) is 12.6 Å². The molecule has 11 nitrogen and oxygen atoms in total. The maximum absolute atomic E-state index is 11.7. The second kappa shape index (κ2) is 9.57. The molecular weight excluding hydrogens is 472 g/mol. The molecule has 37 heavy (non-hydrogen) atoms. The first-order chi connectivity index (χ1) is 17.7. The highest BCUT2D eigenvalue weighted by Crippen LogP contribution is 2.31. The molecule has 1 aromatic carbocycles. The number of aromatic nitrogens is 6. The number of carboxylic acid groups (broad SMARTS) is 1. The van der Waals surface area contributed by atoms with Crippen LogP contribution < -0.4 is 10.1 Å². The number of fused-ring (bicyclic) bond motifs is 1. The molecule has 1 aliphatic rings. The zero-order valence-electron chi connectivity index (χ0n) is 21.6. The maximum atomic E-state index is 11.7. The van der Waals surface area contributed by atoms with Crippen molar-refractivity contribution in [1.82, 2.24) is 34.2 Å². The fraction of sp³-hybridized carbons (Fsp3) is 0.346. The summed E-state index contributed by atoms with van der Waals surface area (Å²) in [6.45, 7) is 8.55. The predicted octanol–water partition coefficient (Wildman–Crippen LogP) is 4.18. The molecule has 4 aromatic rings. The van der Waals surface area contributed by atoms with Gasteiger partial charge >= 0.3 is 6.09 Å². The molecule has 0 aliphatic carbocycles. The Morgan fingerprint density at radius 2 is 1.97 bits per heavy atom. The number of nitrogens with zero attached hydrogens (tertiary/aromatic N) is 7. The smallest absolute Gasteiger partial charge is 0.407 e. The van der Waals surface area contributed by atoms with E-state index in [4.69, 9.17) is 14.7 Å². The Morgan fingerprint density at radius 3 is 2.62 bits per heavy atom. The minimum Gasteiger partial charge on any atom is -0.494 e. The monoisotopic (exact) mass is 502 g/mol. The van der Waals surface area contributed by atoms with Crippen molar-refractivity contribution in [3.63, 3.8) is 0 Å². The highest BCUT2D eigenvalue weighted by molar-refractivity contribution is 5.66. The van der Waals surface area contributed by atoms with Crippen LogP contribution >= 0.6 is 0 Å². The van der Waals surface area contributed by atoms with Crippen molar-refractivity contribution in [3.8, 4) is 11.4 Å². The first-order valence-electron chi connectivity index (χ1n) is 12.1. The number of hydrogen-bond donors (Lipinski definition) is 2. The van der Waals surface area contributed by atoms with Gasteiger partial charge in [-0.1, -0.05) is 0 Å². The van der Waals surface area contributed by atoms with Gasteiger partial charge in [-0.2, -0.15) is 5.10 Å². The molecule has 1 amide bonds. The molecule has 0 bridgehead atoms. The van der Waals surface area contributed by atoms with Gasteiger partial charge in [-0.05, 0) is 45.9 Å². The van der Waals surface area contributed by atoms with Crippen molar-refractivity contribution < 1.29 is 14.6 Å². The fourth-order valence-electron chi connectivity index (χ4n) is 4.81. The van der Waals surface area contributed by atoms with Crippen LogP contribution in [0.4, 0.5) is 16.4 Å². The van der Waals surface area contributed by atoms with Crippen molar-refractivity contribution in [2.75, 3.05) is 19.0 Å². The summed E-state index contributed by atoms with van der Waals surface area (Å²) >= 11 is 0. The number of hydrogen-bond acceptors (Lipinski definition) is 7. The van der Waals surface area contributed by atoms with Crippen LogP contribution in [0.5, 0.6) is 5.75 Å². The van der Waals surface area contributed by atoms with Crippen molar-refractivity contribution in [2.45, 2.75) is 46.7 Å². The van der Waals surface area contributed by atoms with Crippen molar-refractivity contribution in [3.05, 3.63) is 70.8 Å². The van der Waals surface area contributed by atoms with Gasteiger partial charge in [-0.25, -0.2) is 19.7 Å². The zero-order valence-corrected chi connectivity index (χ0v) is 21.6. The molecule has 2 N–H and O–H groups in total. The van der Waals surface area contributed by atoms with Crippen LogP contribution in [-0.4, -0.2) is 59.1 Å². The number of ether oxygens (including phenoxy) is 1. The number of methoxy groups -OCH3 is 1. The summed E-state index contributed by atoms with van der Waals surface area (Å²) in [5.74, 6) is 1.12. The molecule has 0 saturated heterocycles. The summed E-state index contributed by atoms with van der Waals surface area (Å²) < 4.78 is 9.48. The number of imidazole rings is 1. The van der Waals surface area contributed by atoms with Crippen LogP contribution in [0.3, 0.4) is 0 Å². The number of carbonyl (C=O) groups is 1. The molecule has 1 unspecified atom stereocenters. The van der Waals surface area contributed by atoms with Gasteiger partial charge in [0.1, 0.15) is 5.75 Å². The highest BCUT2D eigenvalue weighted by atomic mass is 16.5. The third-order valence-corrected chi connectivity index (χ3v) is 6.60. The lowest BCUT2D eigenvalue weighted by molar-refractivity contribution is 0.139. The minimum atomic E-state index is -0.946. The van der Waals surface area contributed by atoms with Crippen LogP contribution in [-0.2, 0) is 13.0 Å². The molecule has 0 saturated carbocycles. The first-order valence-corrected chi connectivity index (χ1v) is 12.1. The molecule has 5 rings (SSSR count). The first kappa shape index (κ1) is 24.3. The molecule has 192 valence electrons. The highest BCUT2D eigenvalue weighted by Gasteiger charge is 2.28. The molecule has 0 radical (unpaired) electrons. The summed E-state index contributed by atoms with van der Waals surface area (Å²) in [6.07, 6.45) is 3.25. The van der Waals surface area contributed by atoms with Gasteiger partial charge in [0.2, 0.25) is 5.95 Å². The molecular formula is C26H30N8O3. The molecule has 1 atom stereocenters. The van der Waals surface area contributed by atoms with E-state index < -0.39 is 6.09 Å². The molecule has 0 spiro atoms. The summed E-state index contributed by atoms with van der Waals surface area (Å²) in [4.78, 5) is 27.1. The molecule has 0 fully saturated rings. The molecule has 4 heterocycles. The van der Waals surface area contributed by atoms with Crippen LogP contribution in [0, 0.1) is 20.8 Å². The quantitative estimate of drug-likeness (QED) is 0.402. The Bertz CT molecular complexity index is 1470. The average molecular weight is 503 g/mol. The van der Waals surface area contributed by atoms with E-state index in [2.05, 4.69) is 15.4 Å². The normalized spacial score (nSPS) is 13.8. The minimum absolute atomic E-state index is 0.207.